The van der Waals surface area contributed by atoms with Crippen molar-refractivity contribution in [3.8, 4) is 5.75 Å². The van der Waals surface area contributed by atoms with E-state index in [0.29, 0.717) is 0 Å². The van der Waals surface area contributed by atoms with Crippen LogP contribution in [0.5, 0.6) is 5.75 Å². The van der Waals surface area contributed by atoms with Gasteiger partial charge < -0.3 is 4.74 Å². The number of nitrogens with one attached hydrogen (secondary N) is 1. The van der Waals surface area contributed by atoms with E-state index in [1.54, 1.807) is 0 Å². The third-order valence-electron chi connectivity index (χ3n) is 3.56. The molecule has 0 saturated heterocycles. The van der Waals surface area contributed by atoms with Crippen molar-refractivity contribution in [2.24, 2.45) is 0 Å². The lowest BCUT2D eigenvalue weighted by Gasteiger charge is -2.15. The molecule has 0 aliphatic carbocycles. The van der Waals surface area contributed by atoms with Crippen LogP contribution in [0.4, 0.5) is 5.69 Å². The second-order valence-corrected chi connectivity index (χ2v) is 9.79. The van der Waals surface area contributed by atoms with Gasteiger partial charge in [-0.25, -0.2) is 16.8 Å². The van der Waals surface area contributed by atoms with Crippen LogP contribution in [0.1, 0.15) is 16.7 Å². The minimum Gasteiger partial charge on any atom is -0.487 e. The molecule has 8 heteroatoms. The quantitative estimate of drug-likeness (QED) is 0.828. The lowest BCUT2D eigenvalue weighted by Crippen LogP contribution is -2.12. The SMILES string of the molecule is Cc1ccc(COc2ccc(S(C)(=O)=O)cc2NS(C)(=O)=O)c(C)c1. The van der Waals surface area contributed by atoms with Gasteiger partial charge in [0.05, 0.1) is 16.8 Å². The van der Waals surface area contributed by atoms with Crippen LogP contribution < -0.4 is 9.46 Å². The molecule has 25 heavy (non-hydrogen) atoms. The highest BCUT2D eigenvalue weighted by molar-refractivity contribution is 7.92. The summed E-state index contributed by atoms with van der Waals surface area (Å²) in [6, 6.07) is 10.0. The van der Waals surface area contributed by atoms with Crippen molar-refractivity contribution in [2.45, 2.75) is 25.3 Å². The van der Waals surface area contributed by atoms with Gasteiger partial charge in [0.2, 0.25) is 10.0 Å². The van der Waals surface area contributed by atoms with E-state index in [1.807, 2.05) is 32.0 Å². The maximum Gasteiger partial charge on any atom is 0.229 e. The molecule has 2 aromatic rings. The molecule has 0 aliphatic rings. The number of hydrogen-bond donors (Lipinski definition) is 1. The van der Waals surface area contributed by atoms with Crippen molar-refractivity contribution in [3.63, 3.8) is 0 Å². The molecule has 0 saturated carbocycles. The third-order valence-corrected chi connectivity index (χ3v) is 5.26. The smallest absolute Gasteiger partial charge is 0.229 e. The number of anilines is 1. The van der Waals surface area contributed by atoms with E-state index in [1.165, 1.54) is 18.2 Å². The average molecular weight is 383 g/mol. The predicted molar refractivity (Wildman–Crippen MR) is 98.3 cm³/mol. The van der Waals surface area contributed by atoms with E-state index in [2.05, 4.69) is 4.72 Å². The van der Waals surface area contributed by atoms with Crippen molar-refractivity contribution in [1.29, 1.82) is 0 Å². The Kier molecular flexibility index (Phi) is 5.43. The molecule has 0 atom stereocenters. The summed E-state index contributed by atoms with van der Waals surface area (Å²) < 4.78 is 54.6. The second kappa shape index (κ2) is 7.05. The van der Waals surface area contributed by atoms with Crippen LogP contribution in [0.15, 0.2) is 41.3 Å². The molecule has 0 radical (unpaired) electrons. The van der Waals surface area contributed by atoms with Gasteiger partial charge in [0.25, 0.3) is 0 Å². The summed E-state index contributed by atoms with van der Waals surface area (Å²) in [4.78, 5) is 0.0116. The number of sulfone groups is 1. The monoisotopic (exact) mass is 383 g/mol. The van der Waals surface area contributed by atoms with Crippen LogP contribution >= 0.6 is 0 Å². The average Bonchev–Trinajstić information content (AvgIpc) is 2.44. The summed E-state index contributed by atoms with van der Waals surface area (Å²) >= 11 is 0. The van der Waals surface area contributed by atoms with E-state index in [0.717, 1.165) is 29.2 Å². The fraction of sp³-hybridized carbons (Fsp3) is 0.294. The van der Waals surface area contributed by atoms with Crippen molar-refractivity contribution in [2.75, 3.05) is 17.2 Å². The molecule has 0 amide bonds. The molecule has 0 aromatic heterocycles. The van der Waals surface area contributed by atoms with Crippen LogP contribution in [0.25, 0.3) is 0 Å². The normalized spacial score (nSPS) is 12.0. The number of benzene rings is 2. The molecule has 1 N–H and O–H groups in total. The number of rotatable bonds is 6. The lowest BCUT2D eigenvalue weighted by atomic mass is 10.1. The summed E-state index contributed by atoms with van der Waals surface area (Å²) in [6.07, 6.45) is 2.05. The number of aryl methyl sites for hydroxylation is 2. The lowest BCUT2D eigenvalue weighted by molar-refractivity contribution is 0.307. The Hall–Kier alpha value is -2.06. The van der Waals surface area contributed by atoms with Gasteiger partial charge in [-0.1, -0.05) is 23.8 Å². The maximum atomic E-state index is 11.7. The molecule has 0 unspecified atom stereocenters. The predicted octanol–water partition coefficient (Wildman–Crippen LogP) is 2.66. The van der Waals surface area contributed by atoms with Crippen molar-refractivity contribution >= 4 is 25.5 Å². The largest absolute Gasteiger partial charge is 0.487 e. The molecule has 6 nitrogen and oxygen atoms in total. The molecular formula is C17H21NO5S2. The maximum absolute atomic E-state index is 11.7. The van der Waals surface area contributed by atoms with Crippen LogP contribution in [-0.4, -0.2) is 29.3 Å². The Morgan fingerprint density at radius 2 is 1.64 bits per heavy atom. The van der Waals surface area contributed by atoms with Gasteiger partial charge in [-0.15, -0.1) is 0 Å². The van der Waals surface area contributed by atoms with Crippen LogP contribution in [-0.2, 0) is 26.5 Å². The number of ether oxygens (including phenoxy) is 1. The standard InChI is InChI=1S/C17H21NO5S2/c1-12-5-6-14(13(2)9-12)11-23-17-8-7-15(24(3,19)20)10-16(17)18-25(4,21)22/h5-10,18H,11H2,1-4H3. The number of hydrogen-bond acceptors (Lipinski definition) is 5. The van der Waals surface area contributed by atoms with Gasteiger partial charge in [-0.2, -0.15) is 0 Å². The highest BCUT2D eigenvalue weighted by Gasteiger charge is 2.15. The fourth-order valence-corrected chi connectivity index (χ4v) is 3.51. The summed E-state index contributed by atoms with van der Waals surface area (Å²) in [5, 5.41) is 0. The van der Waals surface area contributed by atoms with Gasteiger partial charge >= 0.3 is 0 Å². The molecular weight excluding hydrogens is 362 g/mol. The zero-order valence-corrected chi connectivity index (χ0v) is 16.2. The zero-order valence-electron chi connectivity index (χ0n) is 14.5. The van der Waals surface area contributed by atoms with Gasteiger partial charge in [0, 0.05) is 6.26 Å². The Labute approximate surface area is 148 Å². The van der Waals surface area contributed by atoms with E-state index in [9.17, 15) is 16.8 Å². The summed E-state index contributed by atoms with van der Waals surface area (Å²) in [6.45, 7) is 4.20. The highest BCUT2D eigenvalue weighted by atomic mass is 32.2. The molecule has 0 bridgehead atoms. The fourth-order valence-electron chi connectivity index (χ4n) is 2.31. The van der Waals surface area contributed by atoms with E-state index >= 15 is 0 Å². The molecule has 2 rings (SSSR count). The summed E-state index contributed by atoms with van der Waals surface area (Å²) in [5.74, 6) is 0.262. The zero-order chi connectivity index (χ0) is 18.8. The topological polar surface area (TPSA) is 89.5 Å². The first-order valence-electron chi connectivity index (χ1n) is 7.46. The molecule has 0 heterocycles. The molecule has 0 spiro atoms. The van der Waals surface area contributed by atoms with E-state index in [-0.39, 0.29) is 22.9 Å². The van der Waals surface area contributed by atoms with Crippen molar-refractivity contribution in [1.82, 2.24) is 0 Å². The van der Waals surface area contributed by atoms with Gasteiger partial charge in [0.1, 0.15) is 12.4 Å². The van der Waals surface area contributed by atoms with Gasteiger partial charge in [-0.3, -0.25) is 4.72 Å². The minimum absolute atomic E-state index is 0.0116. The molecule has 2 aromatic carbocycles. The number of sulfonamides is 1. The first-order chi connectivity index (χ1) is 11.5. The Morgan fingerprint density at radius 1 is 0.960 bits per heavy atom. The Balaban J connectivity index is 2.35. The van der Waals surface area contributed by atoms with Crippen LogP contribution in [0, 0.1) is 13.8 Å². The van der Waals surface area contributed by atoms with Crippen molar-refractivity contribution < 1.29 is 21.6 Å². The van der Waals surface area contributed by atoms with E-state index in [4.69, 9.17) is 4.74 Å². The Bertz CT molecular complexity index is 996. The van der Waals surface area contributed by atoms with Crippen LogP contribution in [0.3, 0.4) is 0 Å². The van der Waals surface area contributed by atoms with Gasteiger partial charge in [-0.05, 0) is 43.2 Å². The van der Waals surface area contributed by atoms with Crippen molar-refractivity contribution in [3.05, 3.63) is 53.1 Å². The van der Waals surface area contributed by atoms with Gasteiger partial charge in [0.15, 0.2) is 9.84 Å². The second-order valence-electron chi connectivity index (χ2n) is 6.02. The minimum atomic E-state index is -3.58. The first-order valence-corrected chi connectivity index (χ1v) is 11.2. The Morgan fingerprint density at radius 3 is 2.20 bits per heavy atom. The van der Waals surface area contributed by atoms with Crippen LogP contribution in [0.2, 0.25) is 0 Å². The summed E-state index contributed by atoms with van der Waals surface area (Å²) in [5.41, 5.74) is 3.25. The third kappa shape index (κ3) is 5.47. The summed E-state index contributed by atoms with van der Waals surface area (Å²) in [7, 11) is -7.05. The highest BCUT2D eigenvalue weighted by Crippen LogP contribution is 2.29. The molecule has 0 aliphatic heterocycles. The first kappa shape index (κ1) is 19.3. The van der Waals surface area contributed by atoms with E-state index < -0.39 is 19.9 Å². The molecule has 0 fully saturated rings. The molecule has 136 valence electrons.